The van der Waals surface area contributed by atoms with Crippen LogP contribution >= 0.6 is 23.2 Å². The van der Waals surface area contributed by atoms with Crippen molar-refractivity contribution in [1.29, 1.82) is 0 Å². The Bertz CT molecular complexity index is 1240. The van der Waals surface area contributed by atoms with Crippen LogP contribution < -0.4 is 0 Å². The lowest BCUT2D eigenvalue weighted by atomic mass is 9.84. The molecule has 5 nitrogen and oxygen atoms in total. The van der Waals surface area contributed by atoms with Crippen molar-refractivity contribution >= 4 is 39.9 Å². The first-order chi connectivity index (χ1) is 18.9. The van der Waals surface area contributed by atoms with E-state index in [0.717, 1.165) is 70.1 Å². The number of amides is 1. The maximum absolute atomic E-state index is 13.6. The Morgan fingerprint density at radius 3 is 2.54 bits per heavy atom. The highest BCUT2D eigenvalue weighted by molar-refractivity contribution is 7.85. The average Bonchev–Trinajstić information content (AvgIpc) is 3.24. The fourth-order valence-electron chi connectivity index (χ4n) is 7.30. The molecule has 3 aliphatic heterocycles. The molecular weight excluding hydrogens is 551 g/mol. The van der Waals surface area contributed by atoms with Gasteiger partial charge in [-0.05, 0) is 74.0 Å². The summed E-state index contributed by atoms with van der Waals surface area (Å²) in [6, 6.07) is 14.2. The van der Waals surface area contributed by atoms with E-state index in [2.05, 4.69) is 29.2 Å². The molecule has 1 aliphatic carbocycles. The number of piperidine rings is 1. The number of hydrogen-bond acceptors (Lipinski definition) is 4. The predicted octanol–water partition coefficient (Wildman–Crippen LogP) is 6.27. The first-order valence-electron chi connectivity index (χ1n) is 14.5. The largest absolute Gasteiger partial charge is 0.367 e. The normalized spacial score (nSPS) is 27.5. The van der Waals surface area contributed by atoms with Gasteiger partial charge in [-0.3, -0.25) is 9.00 Å². The van der Waals surface area contributed by atoms with Crippen molar-refractivity contribution in [2.24, 2.45) is 5.92 Å². The van der Waals surface area contributed by atoms with Gasteiger partial charge in [0, 0.05) is 35.6 Å². The topological polar surface area (TPSA) is 49.9 Å². The van der Waals surface area contributed by atoms with Crippen LogP contribution in [-0.4, -0.2) is 59.2 Å². The Morgan fingerprint density at radius 2 is 1.77 bits per heavy atom. The van der Waals surface area contributed by atoms with E-state index in [1.54, 1.807) is 0 Å². The lowest BCUT2D eigenvalue weighted by Gasteiger charge is -2.46. The summed E-state index contributed by atoms with van der Waals surface area (Å²) in [5.41, 5.74) is 2.90. The average molecular weight is 590 g/mol. The van der Waals surface area contributed by atoms with Crippen molar-refractivity contribution in [3.05, 3.63) is 69.2 Å². The van der Waals surface area contributed by atoms with Crippen molar-refractivity contribution in [1.82, 2.24) is 9.80 Å². The molecule has 3 heterocycles. The number of halogens is 2. The molecule has 1 amide bonds. The summed E-state index contributed by atoms with van der Waals surface area (Å²) in [6.07, 6.45) is 8.08. The number of ether oxygens (including phenoxy) is 1. The Balaban J connectivity index is 1.19. The fraction of sp³-hybridized carbons (Fsp3) is 0.581. The minimum atomic E-state index is -0.866. The molecule has 0 N–H and O–H groups in total. The second-order valence-electron chi connectivity index (χ2n) is 11.8. The molecule has 2 saturated heterocycles. The number of benzene rings is 2. The van der Waals surface area contributed by atoms with Crippen molar-refractivity contribution in [2.75, 3.05) is 39.3 Å². The zero-order chi connectivity index (χ0) is 27.0. The van der Waals surface area contributed by atoms with E-state index in [1.807, 2.05) is 23.1 Å². The molecular formula is C31H38Cl2N2O3S. The van der Waals surface area contributed by atoms with Gasteiger partial charge in [0.2, 0.25) is 5.91 Å². The van der Waals surface area contributed by atoms with E-state index in [4.69, 9.17) is 27.9 Å². The van der Waals surface area contributed by atoms with Gasteiger partial charge in [-0.15, -0.1) is 0 Å². The van der Waals surface area contributed by atoms with E-state index in [9.17, 15) is 9.00 Å². The van der Waals surface area contributed by atoms with Gasteiger partial charge in [-0.1, -0.05) is 72.8 Å². The van der Waals surface area contributed by atoms with Gasteiger partial charge >= 0.3 is 0 Å². The van der Waals surface area contributed by atoms with Gasteiger partial charge in [-0.2, -0.15) is 0 Å². The smallest absolute Gasteiger partial charge is 0.225 e. The highest BCUT2D eigenvalue weighted by atomic mass is 35.5. The third-order valence-electron chi connectivity index (χ3n) is 9.62. The van der Waals surface area contributed by atoms with Crippen LogP contribution in [0.2, 0.25) is 10.0 Å². The summed E-state index contributed by atoms with van der Waals surface area (Å²) in [5, 5.41) is 1.03. The molecule has 210 valence electrons. The summed E-state index contributed by atoms with van der Waals surface area (Å²) >= 11 is 12.8. The van der Waals surface area contributed by atoms with E-state index >= 15 is 0 Å². The monoisotopic (exact) mass is 588 g/mol. The van der Waals surface area contributed by atoms with Gasteiger partial charge in [0.05, 0.1) is 27.9 Å². The van der Waals surface area contributed by atoms with Crippen LogP contribution in [-0.2, 0) is 36.4 Å². The van der Waals surface area contributed by atoms with E-state index in [0.29, 0.717) is 35.5 Å². The summed E-state index contributed by atoms with van der Waals surface area (Å²) in [5.74, 6) is 1.09. The third-order valence-corrected chi connectivity index (χ3v) is 12.4. The van der Waals surface area contributed by atoms with Gasteiger partial charge < -0.3 is 14.5 Å². The number of nitrogens with zero attached hydrogens (tertiary/aromatic N) is 2. The first kappa shape index (κ1) is 27.7. The molecule has 1 unspecified atom stereocenters. The van der Waals surface area contributed by atoms with Crippen LogP contribution in [0, 0.1) is 5.92 Å². The van der Waals surface area contributed by atoms with Crippen LogP contribution in [0.3, 0.4) is 0 Å². The molecule has 6 rings (SSSR count). The Hall–Kier alpha value is -1.44. The van der Waals surface area contributed by atoms with Crippen LogP contribution in [0.4, 0.5) is 0 Å². The Kier molecular flexibility index (Phi) is 8.13. The molecule has 0 bridgehead atoms. The van der Waals surface area contributed by atoms with Crippen LogP contribution in [0.15, 0.2) is 42.5 Å². The number of carbonyl (C=O) groups excluding carboxylic acids is 1. The molecule has 1 spiro atoms. The standard InChI is InChI=1S/C31H38Cl2N2O3S/c32-27-11-10-25(20-28(27)33)30(22-35(18-19-38-30)29(36)23-6-2-1-3-7-23)12-15-34-16-13-31(14-17-34)26-9-5-4-8-24(26)21-39(31)37/h4-5,8-11,20,23H,1-3,6-7,12-19,21-22H2/t30-,39?/m0/s1. The van der Waals surface area contributed by atoms with Gasteiger partial charge in [0.15, 0.2) is 0 Å². The lowest BCUT2D eigenvalue weighted by molar-refractivity contribution is -0.159. The van der Waals surface area contributed by atoms with Crippen molar-refractivity contribution in [2.45, 2.75) is 67.5 Å². The number of hydrogen-bond donors (Lipinski definition) is 0. The highest BCUT2D eigenvalue weighted by Gasteiger charge is 2.47. The van der Waals surface area contributed by atoms with Crippen LogP contribution in [0.25, 0.3) is 0 Å². The summed E-state index contributed by atoms with van der Waals surface area (Å²) in [4.78, 5) is 18.1. The van der Waals surface area contributed by atoms with Crippen LogP contribution in [0.1, 0.15) is 68.1 Å². The Labute approximate surface area is 244 Å². The second-order valence-corrected chi connectivity index (χ2v) is 14.4. The molecule has 2 atom stereocenters. The van der Waals surface area contributed by atoms with Crippen molar-refractivity contribution < 1.29 is 13.7 Å². The quantitative estimate of drug-likeness (QED) is 0.413. The fourth-order valence-corrected chi connectivity index (χ4v) is 9.49. The van der Waals surface area contributed by atoms with Gasteiger partial charge in [0.25, 0.3) is 0 Å². The predicted molar refractivity (Wildman–Crippen MR) is 158 cm³/mol. The minimum Gasteiger partial charge on any atom is -0.367 e. The third kappa shape index (κ3) is 5.32. The molecule has 0 aromatic heterocycles. The maximum Gasteiger partial charge on any atom is 0.225 e. The maximum atomic E-state index is 13.6. The molecule has 2 aromatic carbocycles. The van der Waals surface area contributed by atoms with Crippen molar-refractivity contribution in [3.63, 3.8) is 0 Å². The summed E-state index contributed by atoms with van der Waals surface area (Å²) < 4.78 is 19.6. The summed E-state index contributed by atoms with van der Waals surface area (Å²) in [7, 11) is -0.866. The number of carbonyl (C=O) groups is 1. The molecule has 3 fully saturated rings. The van der Waals surface area contributed by atoms with Crippen LogP contribution in [0.5, 0.6) is 0 Å². The van der Waals surface area contributed by atoms with E-state index < -0.39 is 16.4 Å². The number of morpholine rings is 1. The van der Waals surface area contributed by atoms with E-state index in [-0.39, 0.29) is 16.6 Å². The number of fused-ring (bicyclic) bond motifs is 2. The molecule has 8 heteroatoms. The first-order valence-corrected chi connectivity index (χ1v) is 16.6. The van der Waals surface area contributed by atoms with Gasteiger partial charge in [-0.25, -0.2) is 0 Å². The number of rotatable bonds is 5. The second kappa shape index (κ2) is 11.4. The Morgan fingerprint density at radius 1 is 1.00 bits per heavy atom. The minimum absolute atomic E-state index is 0.136. The van der Waals surface area contributed by atoms with Crippen molar-refractivity contribution in [3.8, 4) is 0 Å². The zero-order valence-electron chi connectivity index (χ0n) is 22.5. The molecule has 0 radical (unpaired) electrons. The molecule has 4 aliphatic rings. The molecule has 2 aromatic rings. The zero-order valence-corrected chi connectivity index (χ0v) is 24.8. The summed E-state index contributed by atoms with van der Waals surface area (Å²) in [6.45, 7) is 4.34. The molecule has 1 saturated carbocycles. The SMILES string of the molecule is O=C(C1CCCCC1)N1CCO[C@](CCN2CCC3(CC2)c2ccccc2CS3=O)(c2ccc(Cl)c(Cl)c2)C1. The van der Waals surface area contributed by atoms with Gasteiger partial charge in [0.1, 0.15) is 5.60 Å². The lowest BCUT2D eigenvalue weighted by Crippen LogP contribution is -2.54. The number of likely N-dealkylation sites (tertiary alicyclic amines) is 1. The van der Waals surface area contributed by atoms with E-state index in [1.165, 1.54) is 17.5 Å². The molecule has 39 heavy (non-hydrogen) atoms. The highest BCUT2D eigenvalue weighted by Crippen LogP contribution is 2.47.